The van der Waals surface area contributed by atoms with Crippen LogP contribution in [0.2, 0.25) is 0 Å². The molecule has 3 aromatic rings. The molecule has 0 atom stereocenters. The average molecular weight is 330 g/mol. The maximum atomic E-state index is 12.4. The van der Waals surface area contributed by atoms with Gasteiger partial charge in [-0.2, -0.15) is 0 Å². The predicted octanol–water partition coefficient (Wildman–Crippen LogP) is 5.14. The summed E-state index contributed by atoms with van der Waals surface area (Å²) in [5, 5.41) is 0. The van der Waals surface area contributed by atoms with Crippen LogP contribution in [0.3, 0.4) is 0 Å². The molecule has 0 fully saturated rings. The molecule has 0 amide bonds. The van der Waals surface area contributed by atoms with E-state index in [1.807, 2.05) is 48.5 Å². The van der Waals surface area contributed by atoms with Crippen LogP contribution in [0.15, 0.2) is 91.5 Å². The first-order valence-corrected chi connectivity index (χ1v) is 7.98. The van der Waals surface area contributed by atoms with E-state index in [2.05, 4.69) is 6.58 Å². The van der Waals surface area contributed by atoms with Gasteiger partial charge in [0.05, 0.1) is 5.56 Å². The van der Waals surface area contributed by atoms with Gasteiger partial charge in [0.15, 0.2) is 0 Å². The average Bonchev–Trinajstić information content (AvgIpc) is 2.68. The molecule has 0 unspecified atom stereocenters. The number of carbonyl (C=O) groups excluding carboxylic acids is 1. The molecule has 3 nitrogen and oxygen atoms in total. The number of esters is 1. The Balaban J connectivity index is 1.79. The van der Waals surface area contributed by atoms with Gasteiger partial charge in [0.1, 0.15) is 18.1 Å². The normalized spacial score (nSPS) is 10.1. The summed E-state index contributed by atoms with van der Waals surface area (Å²) in [6.07, 6.45) is 1.67. The Labute approximate surface area is 147 Å². The van der Waals surface area contributed by atoms with E-state index in [-0.39, 0.29) is 0 Å². The maximum absolute atomic E-state index is 12.4. The summed E-state index contributed by atoms with van der Waals surface area (Å²) in [7, 11) is 0. The molecule has 0 heterocycles. The molecule has 0 saturated heterocycles. The van der Waals surface area contributed by atoms with Crippen molar-refractivity contribution in [1.82, 2.24) is 0 Å². The van der Waals surface area contributed by atoms with Crippen LogP contribution in [0.5, 0.6) is 11.5 Å². The molecule has 0 N–H and O–H groups in total. The van der Waals surface area contributed by atoms with Crippen LogP contribution in [-0.4, -0.2) is 12.6 Å². The van der Waals surface area contributed by atoms with Crippen molar-refractivity contribution in [2.75, 3.05) is 6.61 Å². The highest BCUT2D eigenvalue weighted by Gasteiger charge is 2.12. The summed E-state index contributed by atoms with van der Waals surface area (Å²) in [5.41, 5.74) is 2.34. The van der Waals surface area contributed by atoms with E-state index in [1.165, 1.54) is 0 Å². The van der Waals surface area contributed by atoms with Crippen LogP contribution in [0, 0.1) is 0 Å². The van der Waals surface area contributed by atoms with Crippen LogP contribution in [0.1, 0.15) is 10.4 Å². The molecule has 124 valence electrons. The van der Waals surface area contributed by atoms with Gasteiger partial charge in [0.2, 0.25) is 0 Å². The monoisotopic (exact) mass is 330 g/mol. The lowest BCUT2D eigenvalue weighted by molar-refractivity contribution is 0.0735. The van der Waals surface area contributed by atoms with Crippen LogP contribution < -0.4 is 9.47 Å². The van der Waals surface area contributed by atoms with Gasteiger partial charge in [0, 0.05) is 5.56 Å². The number of ether oxygens (including phenoxy) is 2. The molecule has 3 heteroatoms. The smallest absolute Gasteiger partial charge is 0.343 e. The highest BCUT2D eigenvalue weighted by Crippen LogP contribution is 2.30. The van der Waals surface area contributed by atoms with Gasteiger partial charge in [-0.3, -0.25) is 0 Å². The number of rotatable bonds is 6. The molecule has 0 bridgehead atoms. The van der Waals surface area contributed by atoms with Crippen LogP contribution >= 0.6 is 0 Å². The summed E-state index contributed by atoms with van der Waals surface area (Å²) in [5.74, 6) is 0.811. The number of carbonyl (C=O) groups is 1. The molecule has 3 aromatic carbocycles. The van der Waals surface area contributed by atoms with E-state index in [0.29, 0.717) is 23.7 Å². The summed E-state index contributed by atoms with van der Waals surface area (Å²) in [4.78, 5) is 12.4. The fourth-order valence-electron chi connectivity index (χ4n) is 2.41. The van der Waals surface area contributed by atoms with Crippen LogP contribution in [0.4, 0.5) is 0 Å². The number of hydrogen-bond acceptors (Lipinski definition) is 3. The first-order chi connectivity index (χ1) is 12.3. The van der Waals surface area contributed by atoms with Gasteiger partial charge in [-0.1, -0.05) is 61.2 Å². The van der Waals surface area contributed by atoms with Gasteiger partial charge in [-0.15, -0.1) is 0 Å². The first-order valence-electron chi connectivity index (χ1n) is 7.98. The van der Waals surface area contributed by atoms with Gasteiger partial charge < -0.3 is 9.47 Å². The molecule has 0 aliphatic rings. The van der Waals surface area contributed by atoms with E-state index in [4.69, 9.17) is 9.47 Å². The third-order valence-corrected chi connectivity index (χ3v) is 3.63. The zero-order chi connectivity index (χ0) is 17.5. The SMILES string of the molecule is C=CCOc1ccc(C(=O)Oc2ccccc2-c2ccccc2)cc1. The third-order valence-electron chi connectivity index (χ3n) is 3.63. The zero-order valence-electron chi connectivity index (χ0n) is 13.7. The van der Waals surface area contributed by atoms with Gasteiger partial charge >= 0.3 is 5.97 Å². The van der Waals surface area contributed by atoms with Crippen LogP contribution in [0.25, 0.3) is 11.1 Å². The quantitative estimate of drug-likeness (QED) is 0.357. The van der Waals surface area contributed by atoms with Crippen molar-refractivity contribution in [3.63, 3.8) is 0 Å². The minimum absolute atomic E-state index is 0.404. The van der Waals surface area contributed by atoms with E-state index < -0.39 is 5.97 Å². The molecule has 3 rings (SSSR count). The van der Waals surface area contributed by atoms with Crippen molar-refractivity contribution in [3.8, 4) is 22.6 Å². The minimum atomic E-state index is -0.404. The van der Waals surface area contributed by atoms with Crippen molar-refractivity contribution in [1.29, 1.82) is 0 Å². The maximum Gasteiger partial charge on any atom is 0.343 e. The highest BCUT2D eigenvalue weighted by atomic mass is 16.5. The largest absolute Gasteiger partial charge is 0.490 e. The van der Waals surface area contributed by atoms with E-state index in [1.54, 1.807) is 36.4 Å². The number of hydrogen-bond donors (Lipinski definition) is 0. The molecule has 25 heavy (non-hydrogen) atoms. The summed E-state index contributed by atoms with van der Waals surface area (Å²) >= 11 is 0. The number of benzene rings is 3. The Morgan fingerprint density at radius 2 is 1.56 bits per heavy atom. The Hall–Kier alpha value is -3.33. The topological polar surface area (TPSA) is 35.5 Å². The van der Waals surface area contributed by atoms with Gasteiger partial charge in [-0.25, -0.2) is 4.79 Å². The summed E-state index contributed by atoms with van der Waals surface area (Å²) in [6, 6.07) is 24.2. The van der Waals surface area contributed by atoms with Gasteiger partial charge in [0.25, 0.3) is 0 Å². The number of para-hydroxylation sites is 1. The lowest BCUT2D eigenvalue weighted by atomic mass is 10.0. The molecule has 0 saturated carbocycles. The Kier molecular flexibility index (Phi) is 5.27. The molecular formula is C22H18O3. The lowest BCUT2D eigenvalue weighted by Crippen LogP contribution is -2.09. The van der Waals surface area contributed by atoms with Crippen molar-refractivity contribution >= 4 is 5.97 Å². The molecule has 0 radical (unpaired) electrons. The Morgan fingerprint density at radius 1 is 0.880 bits per heavy atom. The van der Waals surface area contributed by atoms with E-state index in [0.717, 1.165) is 11.1 Å². The Bertz CT molecular complexity index is 852. The fraction of sp³-hybridized carbons (Fsp3) is 0.0455. The van der Waals surface area contributed by atoms with Crippen molar-refractivity contribution in [3.05, 3.63) is 97.1 Å². The predicted molar refractivity (Wildman–Crippen MR) is 99.0 cm³/mol. The second-order valence-corrected chi connectivity index (χ2v) is 5.38. The lowest BCUT2D eigenvalue weighted by Gasteiger charge is -2.10. The molecule has 0 aromatic heterocycles. The summed E-state index contributed by atoms with van der Waals surface area (Å²) in [6.45, 7) is 4.03. The zero-order valence-corrected chi connectivity index (χ0v) is 13.7. The molecule has 0 aliphatic heterocycles. The van der Waals surface area contributed by atoms with Crippen molar-refractivity contribution < 1.29 is 14.3 Å². The van der Waals surface area contributed by atoms with Gasteiger partial charge in [-0.05, 0) is 35.9 Å². The third kappa shape index (κ3) is 4.15. The fourth-order valence-corrected chi connectivity index (χ4v) is 2.41. The molecule has 0 spiro atoms. The molecular weight excluding hydrogens is 312 g/mol. The standard InChI is InChI=1S/C22H18O3/c1-2-16-24-19-14-12-18(13-15-19)22(23)25-21-11-7-6-10-20(21)17-8-4-3-5-9-17/h2-15H,1,16H2. The van der Waals surface area contributed by atoms with E-state index in [9.17, 15) is 4.79 Å². The highest BCUT2D eigenvalue weighted by molar-refractivity contribution is 5.92. The van der Waals surface area contributed by atoms with E-state index >= 15 is 0 Å². The molecule has 0 aliphatic carbocycles. The minimum Gasteiger partial charge on any atom is -0.490 e. The second kappa shape index (κ2) is 7.97. The van der Waals surface area contributed by atoms with Crippen molar-refractivity contribution in [2.24, 2.45) is 0 Å². The first kappa shape index (κ1) is 16.5. The van der Waals surface area contributed by atoms with Crippen molar-refractivity contribution in [2.45, 2.75) is 0 Å². The second-order valence-electron chi connectivity index (χ2n) is 5.38. The van der Waals surface area contributed by atoms with Crippen LogP contribution in [-0.2, 0) is 0 Å². The Morgan fingerprint density at radius 3 is 2.28 bits per heavy atom. The summed E-state index contributed by atoms with van der Waals surface area (Å²) < 4.78 is 11.0.